The first-order chi connectivity index (χ1) is 7.72. The Kier molecular flexibility index (Phi) is 5.94. The van der Waals surface area contributed by atoms with Gasteiger partial charge >= 0.3 is 0 Å². The Hall–Kier alpha value is -1.02. The van der Waals surface area contributed by atoms with Gasteiger partial charge in [0.1, 0.15) is 5.75 Å². The quantitative estimate of drug-likeness (QED) is 0.764. The molecule has 2 heteroatoms. The first-order valence-electron chi connectivity index (χ1n) is 6.17. The molecule has 0 aliphatic rings. The number of hydrogen-bond donors (Lipinski definition) is 1. The predicted octanol–water partition coefficient (Wildman–Crippen LogP) is 3.02. The summed E-state index contributed by atoms with van der Waals surface area (Å²) in [4.78, 5) is 0. The maximum Gasteiger partial charge on any atom is 0.119 e. The molecule has 0 spiro atoms. The van der Waals surface area contributed by atoms with Crippen LogP contribution in [0.2, 0.25) is 0 Å². The molecule has 2 nitrogen and oxygen atoms in total. The van der Waals surface area contributed by atoms with Gasteiger partial charge in [-0.05, 0) is 37.1 Å². The van der Waals surface area contributed by atoms with Crippen molar-refractivity contribution in [2.24, 2.45) is 0 Å². The van der Waals surface area contributed by atoms with Gasteiger partial charge in [-0.15, -0.1) is 0 Å². The van der Waals surface area contributed by atoms with Crippen molar-refractivity contribution in [3.63, 3.8) is 0 Å². The van der Waals surface area contributed by atoms with Crippen LogP contribution in [0, 0.1) is 0 Å². The van der Waals surface area contributed by atoms with Gasteiger partial charge in [-0.25, -0.2) is 0 Å². The number of hydrogen-bond acceptors (Lipinski definition) is 2. The molecule has 1 aromatic carbocycles. The molecule has 0 bridgehead atoms. The predicted molar refractivity (Wildman–Crippen MR) is 69.1 cm³/mol. The van der Waals surface area contributed by atoms with E-state index in [1.54, 1.807) is 0 Å². The fraction of sp³-hybridized carbons (Fsp3) is 0.571. The minimum absolute atomic E-state index is 0.562. The Morgan fingerprint density at radius 1 is 1.19 bits per heavy atom. The Bertz CT molecular complexity index is 279. The van der Waals surface area contributed by atoms with Crippen molar-refractivity contribution in [3.8, 4) is 5.75 Å². The highest BCUT2D eigenvalue weighted by atomic mass is 16.5. The summed E-state index contributed by atoms with van der Waals surface area (Å²) in [5.74, 6) is 0.974. The van der Waals surface area contributed by atoms with E-state index in [1.165, 1.54) is 5.56 Å². The van der Waals surface area contributed by atoms with Crippen LogP contribution in [0.1, 0.15) is 32.8 Å². The molecule has 0 aliphatic carbocycles. The molecular weight excluding hydrogens is 198 g/mol. The summed E-state index contributed by atoms with van der Waals surface area (Å²) < 4.78 is 5.54. The van der Waals surface area contributed by atoms with Crippen LogP contribution < -0.4 is 10.1 Å². The molecule has 90 valence electrons. The highest BCUT2D eigenvalue weighted by Crippen LogP contribution is 2.12. The fourth-order valence-electron chi connectivity index (χ4n) is 1.48. The molecule has 0 saturated heterocycles. The van der Waals surface area contributed by atoms with E-state index in [-0.39, 0.29) is 0 Å². The molecule has 0 radical (unpaired) electrons. The molecule has 1 N–H and O–H groups in total. The summed E-state index contributed by atoms with van der Waals surface area (Å²) in [5.41, 5.74) is 1.36. The number of nitrogens with one attached hydrogen (secondary N) is 1. The molecule has 1 aromatic rings. The van der Waals surface area contributed by atoms with Crippen molar-refractivity contribution in [3.05, 3.63) is 29.8 Å². The first-order valence-corrected chi connectivity index (χ1v) is 6.17. The molecule has 16 heavy (non-hydrogen) atoms. The lowest BCUT2D eigenvalue weighted by Gasteiger charge is -2.08. The van der Waals surface area contributed by atoms with Gasteiger partial charge < -0.3 is 10.1 Å². The third-order valence-corrected chi connectivity index (χ3v) is 2.36. The summed E-state index contributed by atoms with van der Waals surface area (Å²) in [5, 5.41) is 3.41. The summed E-state index contributed by atoms with van der Waals surface area (Å²) in [6.07, 6.45) is 2.13. The third kappa shape index (κ3) is 5.17. The van der Waals surface area contributed by atoms with E-state index in [4.69, 9.17) is 4.74 Å². The van der Waals surface area contributed by atoms with Gasteiger partial charge in [-0.2, -0.15) is 0 Å². The Morgan fingerprint density at radius 2 is 1.88 bits per heavy atom. The lowest BCUT2D eigenvalue weighted by molar-refractivity contribution is 0.317. The number of benzene rings is 1. The molecule has 0 fully saturated rings. The van der Waals surface area contributed by atoms with Crippen LogP contribution >= 0.6 is 0 Å². The first kappa shape index (κ1) is 13.0. The average Bonchev–Trinajstić information content (AvgIpc) is 2.27. The SMILES string of the molecule is CCCOc1ccc(CCNC(C)C)cc1. The van der Waals surface area contributed by atoms with E-state index < -0.39 is 0 Å². The molecule has 0 saturated carbocycles. The van der Waals surface area contributed by atoms with Gasteiger partial charge in [0, 0.05) is 6.04 Å². The van der Waals surface area contributed by atoms with Crippen molar-refractivity contribution in [2.45, 2.75) is 39.7 Å². The monoisotopic (exact) mass is 221 g/mol. The van der Waals surface area contributed by atoms with Crippen LogP contribution in [0.4, 0.5) is 0 Å². The Balaban J connectivity index is 2.33. The van der Waals surface area contributed by atoms with Crippen molar-refractivity contribution in [1.82, 2.24) is 5.32 Å². The Labute approximate surface area is 99.0 Å². The normalized spacial score (nSPS) is 10.8. The second kappa shape index (κ2) is 7.29. The zero-order valence-electron chi connectivity index (χ0n) is 10.6. The smallest absolute Gasteiger partial charge is 0.119 e. The fourth-order valence-corrected chi connectivity index (χ4v) is 1.48. The minimum atomic E-state index is 0.562. The largest absolute Gasteiger partial charge is 0.494 e. The number of ether oxygens (including phenoxy) is 1. The van der Waals surface area contributed by atoms with Gasteiger partial charge in [0.05, 0.1) is 6.61 Å². The highest BCUT2D eigenvalue weighted by Gasteiger charge is 1.96. The molecule has 0 amide bonds. The summed E-state index contributed by atoms with van der Waals surface area (Å²) in [7, 11) is 0. The van der Waals surface area contributed by atoms with E-state index in [0.717, 1.165) is 31.7 Å². The maximum absolute atomic E-state index is 5.54. The second-order valence-electron chi connectivity index (χ2n) is 4.35. The van der Waals surface area contributed by atoms with Crippen LogP contribution in [0.3, 0.4) is 0 Å². The molecule has 0 heterocycles. The average molecular weight is 221 g/mol. The van der Waals surface area contributed by atoms with E-state index in [9.17, 15) is 0 Å². The van der Waals surface area contributed by atoms with Crippen molar-refractivity contribution in [1.29, 1.82) is 0 Å². The van der Waals surface area contributed by atoms with Gasteiger partial charge in [0.15, 0.2) is 0 Å². The summed E-state index contributed by atoms with van der Waals surface area (Å²) >= 11 is 0. The molecule has 0 aliphatic heterocycles. The summed E-state index contributed by atoms with van der Waals surface area (Å²) in [6.45, 7) is 8.29. The summed E-state index contributed by atoms with van der Waals surface area (Å²) in [6, 6.07) is 8.97. The molecule has 0 atom stereocenters. The van der Waals surface area contributed by atoms with Crippen molar-refractivity contribution in [2.75, 3.05) is 13.2 Å². The minimum Gasteiger partial charge on any atom is -0.494 e. The van der Waals surface area contributed by atoms with Crippen LogP contribution in [0.15, 0.2) is 24.3 Å². The van der Waals surface area contributed by atoms with Crippen LogP contribution in [-0.2, 0) is 6.42 Å². The highest BCUT2D eigenvalue weighted by molar-refractivity contribution is 5.27. The molecule has 0 unspecified atom stereocenters. The van der Waals surface area contributed by atoms with Gasteiger partial charge in [-0.3, -0.25) is 0 Å². The van der Waals surface area contributed by atoms with Crippen LogP contribution in [0.5, 0.6) is 5.75 Å². The molecular formula is C14H23NO. The van der Waals surface area contributed by atoms with Crippen molar-refractivity contribution >= 4 is 0 Å². The maximum atomic E-state index is 5.54. The van der Waals surface area contributed by atoms with Gasteiger partial charge in [-0.1, -0.05) is 32.9 Å². The lowest BCUT2D eigenvalue weighted by atomic mass is 10.1. The standard InChI is InChI=1S/C14H23NO/c1-4-11-16-14-7-5-13(6-8-14)9-10-15-12(2)3/h5-8,12,15H,4,9-11H2,1-3H3. The lowest BCUT2D eigenvalue weighted by Crippen LogP contribution is -2.24. The molecule has 0 aromatic heterocycles. The zero-order valence-corrected chi connectivity index (χ0v) is 10.6. The topological polar surface area (TPSA) is 21.3 Å². The van der Waals surface area contributed by atoms with E-state index in [0.29, 0.717) is 6.04 Å². The van der Waals surface area contributed by atoms with E-state index >= 15 is 0 Å². The third-order valence-electron chi connectivity index (χ3n) is 2.36. The van der Waals surface area contributed by atoms with E-state index in [1.807, 2.05) is 0 Å². The Morgan fingerprint density at radius 3 is 2.44 bits per heavy atom. The second-order valence-corrected chi connectivity index (χ2v) is 4.35. The van der Waals surface area contributed by atoms with Crippen molar-refractivity contribution < 1.29 is 4.74 Å². The van der Waals surface area contributed by atoms with E-state index in [2.05, 4.69) is 50.4 Å². The zero-order chi connectivity index (χ0) is 11.8. The van der Waals surface area contributed by atoms with Gasteiger partial charge in [0.25, 0.3) is 0 Å². The van der Waals surface area contributed by atoms with Crippen LogP contribution in [-0.4, -0.2) is 19.2 Å². The number of rotatable bonds is 7. The van der Waals surface area contributed by atoms with Crippen LogP contribution in [0.25, 0.3) is 0 Å². The van der Waals surface area contributed by atoms with Gasteiger partial charge in [0.2, 0.25) is 0 Å². The molecule has 1 rings (SSSR count).